The van der Waals surface area contributed by atoms with Gasteiger partial charge in [-0.3, -0.25) is 4.79 Å². The summed E-state index contributed by atoms with van der Waals surface area (Å²) < 4.78 is 0. The van der Waals surface area contributed by atoms with Gasteiger partial charge in [-0.25, -0.2) is 0 Å². The number of anilines is 1. The third-order valence-electron chi connectivity index (χ3n) is 2.71. The molecule has 20 heavy (non-hydrogen) atoms. The largest absolute Gasteiger partial charge is 0.326 e. The second kappa shape index (κ2) is 7.36. The number of benzene rings is 2. The van der Waals surface area contributed by atoms with Gasteiger partial charge in [0, 0.05) is 27.8 Å². The molecule has 0 aromatic heterocycles. The average Bonchev–Trinajstić information content (AvgIpc) is 2.41. The summed E-state index contributed by atoms with van der Waals surface area (Å²) in [4.78, 5) is 12.9. The molecule has 1 N–H and O–H groups in total. The number of carbonyl (C=O) groups excluding carboxylic acids is 1. The van der Waals surface area contributed by atoms with Gasteiger partial charge < -0.3 is 5.32 Å². The molecule has 4 heteroatoms. The third-order valence-corrected chi connectivity index (χ3v) is 3.98. The van der Waals surface area contributed by atoms with E-state index in [1.165, 1.54) is 0 Å². The monoisotopic (exact) mass is 305 g/mol. The third kappa shape index (κ3) is 4.91. The Labute approximate surface area is 128 Å². The van der Waals surface area contributed by atoms with Gasteiger partial charge in [0.2, 0.25) is 5.91 Å². The number of amides is 1. The number of carbonyl (C=O) groups is 1. The van der Waals surface area contributed by atoms with Crippen LogP contribution in [-0.4, -0.2) is 11.7 Å². The van der Waals surface area contributed by atoms with E-state index >= 15 is 0 Å². The molecule has 2 rings (SSSR count). The van der Waals surface area contributed by atoms with E-state index in [1.807, 2.05) is 55.5 Å². The van der Waals surface area contributed by atoms with Gasteiger partial charge in [0.1, 0.15) is 0 Å². The van der Waals surface area contributed by atoms with E-state index in [0.717, 1.165) is 26.9 Å². The fourth-order valence-corrected chi connectivity index (χ4v) is 2.72. The van der Waals surface area contributed by atoms with Gasteiger partial charge in [0.05, 0.1) is 0 Å². The van der Waals surface area contributed by atoms with Crippen LogP contribution in [0.1, 0.15) is 12.0 Å². The Morgan fingerprint density at radius 3 is 2.65 bits per heavy atom. The van der Waals surface area contributed by atoms with Gasteiger partial charge in [-0.2, -0.15) is 0 Å². The first-order chi connectivity index (χ1) is 9.63. The lowest BCUT2D eigenvalue weighted by atomic mass is 10.2. The Morgan fingerprint density at radius 2 is 1.95 bits per heavy atom. The lowest BCUT2D eigenvalue weighted by Crippen LogP contribution is -2.12. The molecule has 1 amide bonds. The first-order valence-electron chi connectivity index (χ1n) is 6.38. The number of nitrogens with one attached hydrogen (secondary N) is 1. The van der Waals surface area contributed by atoms with Crippen LogP contribution < -0.4 is 5.32 Å². The minimum atomic E-state index is 0.0389. The van der Waals surface area contributed by atoms with Crippen LogP contribution in [0.3, 0.4) is 0 Å². The van der Waals surface area contributed by atoms with Crippen molar-refractivity contribution in [3.05, 3.63) is 59.1 Å². The fourth-order valence-electron chi connectivity index (χ4n) is 1.74. The summed E-state index contributed by atoms with van der Waals surface area (Å²) in [5.41, 5.74) is 1.99. The standard InChI is InChI=1S/C16H16ClNOS/c1-12-3-2-4-14(11-12)18-16(19)9-10-20-15-7-5-13(17)6-8-15/h2-8,11H,9-10H2,1H3,(H,18,19). The highest BCUT2D eigenvalue weighted by atomic mass is 35.5. The van der Waals surface area contributed by atoms with Crippen molar-refractivity contribution in [3.8, 4) is 0 Å². The van der Waals surface area contributed by atoms with E-state index in [4.69, 9.17) is 11.6 Å². The van der Waals surface area contributed by atoms with Crippen molar-refractivity contribution in [2.75, 3.05) is 11.1 Å². The van der Waals surface area contributed by atoms with Crippen LogP contribution in [0.5, 0.6) is 0 Å². The predicted octanol–water partition coefficient (Wildman–Crippen LogP) is 4.77. The summed E-state index contributed by atoms with van der Waals surface area (Å²) in [6.07, 6.45) is 0.487. The Kier molecular flexibility index (Phi) is 5.50. The SMILES string of the molecule is Cc1cccc(NC(=O)CCSc2ccc(Cl)cc2)c1. The lowest BCUT2D eigenvalue weighted by Gasteiger charge is -2.06. The Balaban J connectivity index is 1.76. The molecule has 0 atom stereocenters. The first kappa shape index (κ1) is 14.9. The number of rotatable bonds is 5. The summed E-state index contributed by atoms with van der Waals surface area (Å²) in [5.74, 6) is 0.788. The van der Waals surface area contributed by atoms with E-state index < -0.39 is 0 Å². The maximum absolute atomic E-state index is 11.8. The zero-order valence-corrected chi connectivity index (χ0v) is 12.8. The van der Waals surface area contributed by atoms with Crippen molar-refractivity contribution >= 4 is 35.0 Å². The molecule has 2 aromatic carbocycles. The van der Waals surface area contributed by atoms with Crippen molar-refractivity contribution in [2.45, 2.75) is 18.2 Å². The Hall–Kier alpha value is -1.45. The second-order valence-electron chi connectivity index (χ2n) is 4.47. The molecule has 0 heterocycles. The lowest BCUT2D eigenvalue weighted by molar-refractivity contribution is -0.115. The number of aryl methyl sites for hydroxylation is 1. The minimum Gasteiger partial charge on any atom is -0.326 e. The normalized spacial score (nSPS) is 10.3. The van der Waals surface area contributed by atoms with E-state index in [9.17, 15) is 4.79 Å². The molecule has 0 spiro atoms. The summed E-state index contributed by atoms with van der Waals surface area (Å²) in [6, 6.07) is 15.4. The molecule has 104 valence electrons. The van der Waals surface area contributed by atoms with Crippen LogP contribution in [-0.2, 0) is 4.79 Å². The van der Waals surface area contributed by atoms with Crippen molar-refractivity contribution in [1.82, 2.24) is 0 Å². The zero-order chi connectivity index (χ0) is 14.4. The van der Waals surface area contributed by atoms with E-state index in [0.29, 0.717) is 6.42 Å². The zero-order valence-electron chi connectivity index (χ0n) is 11.2. The maximum atomic E-state index is 11.8. The number of hydrogen-bond acceptors (Lipinski definition) is 2. The molecule has 0 saturated heterocycles. The highest BCUT2D eigenvalue weighted by molar-refractivity contribution is 7.99. The molecule has 2 nitrogen and oxygen atoms in total. The quantitative estimate of drug-likeness (QED) is 0.806. The number of hydrogen-bond donors (Lipinski definition) is 1. The minimum absolute atomic E-state index is 0.0389. The van der Waals surface area contributed by atoms with Crippen LogP contribution in [0.4, 0.5) is 5.69 Å². The van der Waals surface area contributed by atoms with Gasteiger partial charge in [0.25, 0.3) is 0 Å². The van der Waals surface area contributed by atoms with Gasteiger partial charge >= 0.3 is 0 Å². The Morgan fingerprint density at radius 1 is 1.20 bits per heavy atom. The predicted molar refractivity (Wildman–Crippen MR) is 86.6 cm³/mol. The smallest absolute Gasteiger partial charge is 0.225 e. The first-order valence-corrected chi connectivity index (χ1v) is 7.75. The van der Waals surface area contributed by atoms with Crippen molar-refractivity contribution in [1.29, 1.82) is 0 Å². The molecule has 0 saturated carbocycles. The molecule has 0 aliphatic carbocycles. The van der Waals surface area contributed by atoms with Crippen LogP contribution >= 0.6 is 23.4 Å². The topological polar surface area (TPSA) is 29.1 Å². The fraction of sp³-hybridized carbons (Fsp3) is 0.188. The summed E-state index contributed by atoms with van der Waals surface area (Å²) >= 11 is 7.48. The van der Waals surface area contributed by atoms with Gasteiger partial charge in [-0.05, 0) is 48.9 Å². The molecule has 0 unspecified atom stereocenters. The van der Waals surface area contributed by atoms with E-state index in [1.54, 1.807) is 11.8 Å². The molecular formula is C16H16ClNOS. The molecule has 0 radical (unpaired) electrons. The van der Waals surface area contributed by atoms with Crippen LogP contribution in [0.15, 0.2) is 53.4 Å². The van der Waals surface area contributed by atoms with Gasteiger partial charge in [-0.15, -0.1) is 11.8 Å². The van der Waals surface area contributed by atoms with Gasteiger partial charge in [-0.1, -0.05) is 23.7 Å². The summed E-state index contributed by atoms with van der Waals surface area (Å²) in [5, 5.41) is 3.63. The van der Waals surface area contributed by atoms with Crippen molar-refractivity contribution in [2.24, 2.45) is 0 Å². The average molecular weight is 306 g/mol. The molecule has 0 aliphatic heterocycles. The number of halogens is 1. The van der Waals surface area contributed by atoms with Crippen LogP contribution in [0.25, 0.3) is 0 Å². The molecular weight excluding hydrogens is 290 g/mol. The van der Waals surface area contributed by atoms with E-state index in [2.05, 4.69) is 5.32 Å². The summed E-state index contributed by atoms with van der Waals surface area (Å²) in [6.45, 7) is 2.01. The summed E-state index contributed by atoms with van der Waals surface area (Å²) in [7, 11) is 0. The van der Waals surface area contributed by atoms with E-state index in [-0.39, 0.29) is 5.91 Å². The molecule has 0 fully saturated rings. The maximum Gasteiger partial charge on any atom is 0.225 e. The van der Waals surface area contributed by atoms with Gasteiger partial charge in [0.15, 0.2) is 0 Å². The van der Waals surface area contributed by atoms with Crippen LogP contribution in [0.2, 0.25) is 5.02 Å². The molecule has 0 bridgehead atoms. The van der Waals surface area contributed by atoms with Crippen LogP contribution in [0, 0.1) is 6.92 Å². The molecule has 2 aromatic rings. The highest BCUT2D eigenvalue weighted by Gasteiger charge is 2.03. The second-order valence-corrected chi connectivity index (χ2v) is 6.07. The Bertz CT molecular complexity index is 583. The van der Waals surface area contributed by atoms with Crippen molar-refractivity contribution in [3.63, 3.8) is 0 Å². The van der Waals surface area contributed by atoms with Crippen molar-refractivity contribution < 1.29 is 4.79 Å². The molecule has 0 aliphatic rings. The number of thioether (sulfide) groups is 1. The highest BCUT2D eigenvalue weighted by Crippen LogP contribution is 2.21.